The van der Waals surface area contributed by atoms with E-state index < -0.39 is 5.97 Å². The minimum Gasteiger partial charge on any atom is -0.462 e. The number of hydrogen-bond acceptors (Lipinski definition) is 5. The number of pyridine rings is 1. The van der Waals surface area contributed by atoms with E-state index >= 15 is 0 Å². The van der Waals surface area contributed by atoms with Gasteiger partial charge in [0, 0.05) is 12.7 Å². The number of nitrogens with zero attached hydrogens (tertiary/aromatic N) is 1. The van der Waals surface area contributed by atoms with Crippen molar-refractivity contribution in [1.29, 1.82) is 0 Å². The third-order valence-electron chi connectivity index (χ3n) is 2.74. The van der Waals surface area contributed by atoms with Crippen molar-refractivity contribution in [3.63, 3.8) is 0 Å². The summed E-state index contributed by atoms with van der Waals surface area (Å²) in [4.78, 5) is 15.7. The maximum atomic E-state index is 11.6. The normalized spacial score (nSPS) is 14.4. The van der Waals surface area contributed by atoms with E-state index in [1.54, 1.807) is 19.2 Å². The Kier molecular flexibility index (Phi) is 3.46. The van der Waals surface area contributed by atoms with Gasteiger partial charge in [0.05, 0.1) is 17.9 Å². The molecule has 0 aromatic carbocycles. The average molecular weight is 235 g/mol. The second-order valence-corrected chi connectivity index (χ2v) is 4.17. The molecule has 92 valence electrons. The molecule has 0 radical (unpaired) electrons. The molecule has 1 fully saturated rings. The lowest BCUT2D eigenvalue weighted by atomic mass is 10.2. The Morgan fingerprint density at radius 3 is 3.06 bits per heavy atom. The highest BCUT2D eigenvalue weighted by atomic mass is 16.5. The third-order valence-corrected chi connectivity index (χ3v) is 2.74. The number of nitrogens with two attached hydrogens (primary N) is 1. The van der Waals surface area contributed by atoms with Crippen molar-refractivity contribution in [2.45, 2.75) is 19.8 Å². The van der Waals surface area contributed by atoms with Crippen LogP contribution in [0.5, 0.6) is 0 Å². The molecule has 1 saturated carbocycles. The minimum absolute atomic E-state index is 0.339. The monoisotopic (exact) mass is 235 g/mol. The van der Waals surface area contributed by atoms with Crippen LogP contribution >= 0.6 is 0 Å². The number of hydrogen-bond donors (Lipinski definition) is 2. The van der Waals surface area contributed by atoms with E-state index in [-0.39, 0.29) is 0 Å². The van der Waals surface area contributed by atoms with Gasteiger partial charge in [0.25, 0.3) is 0 Å². The van der Waals surface area contributed by atoms with Crippen LogP contribution in [0.3, 0.4) is 0 Å². The third kappa shape index (κ3) is 2.87. The molecule has 1 heterocycles. The molecular formula is C12H17N3O2. The zero-order valence-corrected chi connectivity index (χ0v) is 9.90. The molecule has 1 aromatic rings. The first kappa shape index (κ1) is 11.7. The average Bonchev–Trinajstić information content (AvgIpc) is 3.12. The summed E-state index contributed by atoms with van der Waals surface area (Å²) in [5, 5.41) is 3.17. The summed E-state index contributed by atoms with van der Waals surface area (Å²) >= 11 is 0. The number of carbonyl (C=O) groups is 1. The predicted octanol–water partition coefficient (Wildman–Crippen LogP) is 1.66. The van der Waals surface area contributed by atoms with Gasteiger partial charge in [-0.1, -0.05) is 0 Å². The summed E-state index contributed by atoms with van der Waals surface area (Å²) < 4.78 is 4.93. The molecule has 2 rings (SSSR count). The van der Waals surface area contributed by atoms with Gasteiger partial charge in [-0.3, -0.25) is 0 Å². The molecule has 1 aromatic heterocycles. The molecular weight excluding hydrogens is 218 g/mol. The summed E-state index contributed by atoms with van der Waals surface area (Å²) in [5.41, 5.74) is 6.64. The van der Waals surface area contributed by atoms with Crippen molar-refractivity contribution in [2.75, 3.05) is 24.2 Å². The number of rotatable bonds is 5. The molecule has 0 amide bonds. The second-order valence-electron chi connectivity index (χ2n) is 4.17. The van der Waals surface area contributed by atoms with Crippen LogP contribution in [0, 0.1) is 5.92 Å². The number of carbonyl (C=O) groups excluding carboxylic acids is 1. The van der Waals surface area contributed by atoms with Crippen LogP contribution < -0.4 is 11.1 Å². The molecule has 0 unspecified atom stereocenters. The Morgan fingerprint density at radius 2 is 2.41 bits per heavy atom. The number of esters is 1. The van der Waals surface area contributed by atoms with E-state index in [0.717, 1.165) is 12.5 Å². The smallest absolute Gasteiger partial charge is 0.340 e. The van der Waals surface area contributed by atoms with E-state index in [1.165, 1.54) is 12.8 Å². The molecule has 0 bridgehead atoms. The number of aromatic nitrogens is 1. The lowest BCUT2D eigenvalue weighted by molar-refractivity contribution is 0.0527. The topological polar surface area (TPSA) is 77.2 Å². The van der Waals surface area contributed by atoms with Crippen LogP contribution in [0.15, 0.2) is 12.3 Å². The highest BCUT2D eigenvalue weighted by Gasteiger charge is 2.22. The number of nitrogens with one attached hydrogen (secondary N) is 1. The van der Waals surface area contributed by atoms with E-state index in [2.05, 4.69) is 10.3 Å². The van der Waals surface area contributed by atoms with Gasteiger partial charge in [0.1, 0.15) is 5.82 Å². The number of nitrogen functional groups attached to an aromatic ring is 1. The van der Waals surface area contributed by atoms with Crippen LogP contribution in [0.1, 0.15) is 30.1 Å². The van der Waals surface area contributed by atoms with Crippen LogP contribution in [-0.4, -0.2) is 24.1 Å². The van der Waals surface area contributed by atoms with E-state index in [1.807, 2.05) is 0 Å². The van der Waals surface area contributed by atoms with Crippen LogP contribution in [0.25, 0.3) is 0 Å². The highest BCUT2D eigenvalue weighted by Crippen LogP contribution is 2.30. The summed E-state index contributed by atoms with van der Waals surface area (Å²) in [6.45, 7) is 2.97. The summed E-state index contributed by atoms with van der Waals surface area (Å²) in [5.74, 6) is 0.895. The Morgan fingerprint density at radius 1 is 1.65 bits per heavy atom. The minimum atomic E-state index is -0.401. The van der Waals surface area contributed by atoms with Crippen molar-refractivity contribution in [2.24, 2.45) is 5.92 Å². The first-order valence-corrected chi connectivity index (χ1v) is 5.87. The fourth-order valence-corrected chi connectivity index (χ4v) is 1.56. The Bertz CT molecular complexity index is 416. The number of anilines is 2. The molecule has 17 heavy (non-hydrogen) atoms. The molecule has 5 heteroatoms. The SMILES string of the molecule is CCOC(=O)c1ccnc(NCC2CC2)c1N. The lowest BCUT2D eigenvalue weighted by Crippen LogP contribution is -2.13. The van der Waals surface area contributed by atoms with Crippen LogP contribution in [0.4, 0.5) is 11.5 Å². The van der Waals surface area contributed by atoms with Crippen LogP contribution in [0.2, 0.25) is 0 Å². The van der Waals surface area contributed by atoms with E-state index in [4.69, 9.17) is 10.5 Å². The van der Waals surface area contributed by atoms with Gasteiger partial charge in [0.15, 0.2) is 0 Å². The van der Waals surface area contributed by atoms with Gasteiger partial charge in [-0.2, -0.15) is 0 Å². The van der Waals surface area contributed by atoms with E-state index in [0.29, 0.717) is 23.7 Å². The van der Waals surface area contributed by atoms with Gasteiger partial charge in [-0.15, -0.1) is 0 Å². The van der Waals surface area contributed by atoms with Gasteiger partial charge >= 0.3 is 5.97 Å². The molecule has 1 aliphatic rings. The van der Waals surface area contributed by atoms with Gasteiger partial charge in [-0.05, 0) is 31.7 Å². The van der Waals surface area contributed by atoms with Gasteiger partial charge < -0.3 is 15.8 Å². The van der Waals surface area contributed by atoms with Crippen molar-refractivity contribution < 1.29 is 9.53 Å². The van der Waals surface area contributed by atoms with Gasteiger partial charge in [-0.25, -0.2) is 9.78 Å². The fourth-order valence-electron chi connectivity index (χ4n) is 1.56. The Hall–Kier alpha value is -1.78. The molecule has 3 N–H and O–H groups in total. The lowest BCUT2D eigenvalue weighted by Gasteiger charge is -2.10. The zero-order valence-electron chi connectivity index (χ0n) is 9.90. The van der Waals surface area contributed by atoms with Crippen molar-refractivity contribution in [1.82, 2.24) is 4.98 Å². The molecule has 0 atom stereocenters. The first-order valence-electron chi connectivity index (χ1n) is 5.87. The molecule has 0 spiro atoms. The zero-order chi connectivity index (χ0) is 12.3. The van der Waals surface area contributed by atoms with Crippen molar-refractivity contribution >= 4 is 17.5 Å². The highest BCUT2D eigenvalue weighted by molar-refractivity contribution is 5.97. The van der Waals surface area contributed by atoms with Crippen LogP contribution in [-0.2, 0) is 4.74 Å². The number of ether oxygens (including phenoxy) is 1. The molecule has 5 nitrogen and oxygen atoms in total. The first-order chi connectivity index (χ1) is 8.22. The predicted molar refractivity (Wildman–Crippen MR) is 65.8 cm³/mol. The largest absolute Gasteiger partial charge is 0.462 e. The fraction of sp³-hybridized carbons (Fsp3) is 0.500. The van der Waals surface area contributed by atoms with Crippen molar-refractivity contribution in [3.8, 4) is 0 Å². The van der Waals surface area contributed by atoms with E-state index in [9.17, 15) is 4.79 Å². The van der Waals surface area contributed by atoms with Gasteiger partial charge in [0.2, 0.25) is 0 Å². The summed E-state index contributed by atoms with van der Waals surface area (Å²) in [7, 11) is 0. The summed E-state index contributed by atoms with van der Waals surface area (Å²) in [6.07, 6.45) is 4.08. The molecule has 1 aliphatic carbocycles. The second kappa shape index (κ2) is 5.03. The maximum Gasteiger partial charge on any atom is 0.340 e. The standard InChI is InChI=1S/C12H17N3O2/c1-2-17-12(16)9-5-6-14-11(10(9)13)15-7-8-3-4-8/h5-6,8H,2-4,7,13H2,1H3,(H,14,15). The molecule has 0 aliphatic heterocycles. The maximum absolute atomic E-state index is 11.6. The molecule has 0 saturated heterocycles. The quantitative estimate of drug-likeness (QED) is 0.759. The Labute approximate surface area is 100 Å². The van der Waals surface area contributed by atoms with Crippen molar-refractivity contribution in [3.05, 3.63) is 17.8 Å². The Balaban J connectivity index is 2.10. The summed E-state index contributed by atoms with van der Waals surface area (Å²) in [6, 6.07) is 1.58.